The summed E-state index contributed by atoms with van der Waals surface area (Å²) in [6.45, 7) is 4.13. The maximum Gasteiger partial charge on any atom is 0.191 e. The minimum Gasteiger partial charge on any atom is -0.357 e. The maximum absolute atomic E-state index is 13.4. The van der Waals surface area contributed by atoms with Crippen molar-refractivity contribution in [2.45, 2.75) is 25.6 Å². The van der Waals surface area contributed by atoms with Crippen LogP contribution < -0.4 is 10.6 Å². The average Bonchev–Trinajstić information content (AvgIpc) is 2.62. The van der Waals surface area contributed by atoms with Gasteiger partial charge < -0.3 is 10.6 Å². The van der Waals surface area contributed by atoms with Gasteiger partial charge >= 0.3 is 0 Å². The summed E-state index contributed by atoms with van der Waals surface area (Å²) < 4.78 is 13.4. The van der Waals surface area contributed by atoms with Crippen LogP contribution in [0.2, 0.25) is 0 Å². The van der Waals surface area contributed by atoms with Gasteiger partial charge in [0.25, 0.3) is 0 Å². The Kier molecular flexibility index (Phi) is 11.3. The van der Waals surface area contributed by atoms with Crippen molar-refractivity contribution in [3.63, 3.8) is 0 Å². The molecule has 142 valence electrons. The molecule has 7 heteroatoms. The van der Waals surface area contributed by atoms with E-state index in [1.807, 2.05) is 31.5 Å². The molecule has 26 heavy (non-hydrogen) atoms. The third-order valence-corrected chi connectivity index (χ3v) is 4.25. The average molecular weight is 488 g/mol. The summed E-state index contributed by atoms with van der Waals surface area (Å²) >= 11 is 1.68. The highest BCUT2D eigenvalue weighted by molar-refractivity contribution is 14.0. The lowest BCUT2D eigenvalue weighted by molar-refractivity contribution is 0.625. The fourth-order valence-corrected chi connectivity index (χ4v) is 3.00. The number of hydrogen-bond donors (Lipinski definition) is 2. The molecule has 0 unspecified atom stereocenters. The number of nitrogens with one attached hydrogen (secondary N) is 2. The number of benzene rings is 1. The number of aromatic nitrogens is 1. The van der Waals surface area contributed by atoms with E-state index in [9.17, 15) is 4.39 Å². The summed E-state index contributed by atoms with van der Waals surface area (Å²) in [5, 5.41) is 6.58. The Morgan fingerprint density at radius 1 is 1.23 bits per heavy atom. The SMILES string of the molecule is CCNC(=NCc1ccc(F)cc1CSC)NCCc1cccnc1.I. The van der Waals surface area contributed by atoms with E-state index in [0.29, 0.717) is 6.54 Å². The van der Waals surface area contributed by atoms with E-state index in [-0.39, 0.29) is 29.8 Å². The quantitative estimate of drug-likeness (QED) is 0.335. The van der Waals surface area contributed by atoms with Crippen LogP contribution in [0, 0.1) is 5.82 Å². The van der Waals surface area contributed by atoms with Crippen LogP contribution in [0.15, 0.2) is 47.7 Å². The molecule has 0 saturated carbocycles. The van der Waals surface area contributed by atoms with Crippen molar-refractivity contribution >= 4 is 41.7 Å². The molecule has 0 radical (unpaired) electrons. The van der Waals surface area contributed by atoms with Crippen LogP contribution in [0.1, 0.15) is 23.6 Å². The topological polar surface area (TPSA) is 49.3 Å². The second-order valence-corrected chi connectivity index (χ2v) is 6.45. The normalized spacial score (nSPS) is 11.0. The lowest BCUT2D eigenvalue weighted by Crippen LogP contribution is -2.38. The summed E-state index contributed by atoms with van der Waals surface area (Å²) in [5.74, 6) is 1.36. The molecule has 1 aromatic carbocycles. The molecule has 1 heterocycles. The third-order valence-electron chi connectivity index (χ3n) is 3.65. The first-order valence-corrected chi connectivity index (χ1v) is 9.79. The molecule has 0 amide bonds. The van der Waals surface area contributed by atoms with Crippen LogP contribution >= 0.6 is 35.7 Å². The van der Waals surface area contributed by atoms with Gasteiger partial charge in [0.2, 0.25) is 0 Å². The highest BCUT2D eigenvalue weighted by Crippen LogP contribution is 2.17. The fourth-order valence-electron chi connectivity index (χ4n) is 2.42. The molecule has 0 atom stereocenters. The lowest BCUT2D eigenvalue weighted by Gasteiger charge is -2.12. The van der Waals surface area contributed by atoms with Gasteiger partial charge in [-0.2, -0.15) is 11.8 Å². The molecule has 0 bridgehead atoms. The van der Waals surface area contributed by atoms with E-state index in [1.54, 1.807) is 24.0 Å². The summed E-state index contributed by atoms with van der Waals surface area (Å²) in [4.78, 5) is 8.76. The number of pyridine rings is 1. The number of guanidine groups is 1. The first-order chi connectivity index (χ1) is 12.2. The van der Waals surface area contributed by atoms with E-state index < -0.39 is 0 Å². The molecule has 0 aliphatic carbocycles. The second-order valence-electron chi connectivity index (χ2n) is 5.58. The fraction of sp³-hybridized carbons (Fsp3) is 0.368. The van der Waals surface area contributed by atoms with Crippen LogP contribution in [0.4, 0.5) is 4.39 Å². The van der Waals surface area contributed by atoms with Crippen molar-refractivity contribution in [3.8, 4) is 0 Å². The molecule has 0 aliphatic rings. The molecule has 2 rings (SSSR count). The standard InChI is InChI=1S/C19H25FN4S.HI/c1-3-22-19(23-10-8-15-5-4-9-21-12-15)24-13-16-6-7-18(20)11-17(16)14-25-2;/h4-7,9,11-12H,3,8,10,13-14H2,1-2H3,(H2,22,23,24);1H. The van der Waals surface area contributed by atoms with E-state index in [2.05, 4.69) is 26.7 Å². The monoisotopic (exact) mass is 488 g/mol. The molecule has 0 fully saturated rings. The molecular formula is C19H26FIN4S. The van der Waals surface area contributed by atoms with Gasteiger partial charge in [-0.1, -0.05) is 12.1 Å². The van der Waals surface area contributed by atoms with Crippen molar-refractivity contribution in [1.29, 1.82) is 0 Å². The second kappa shape index (κ2) is 12.9. The van der Waals surface area contributed by atoms with Crippen LogP contribution in [0.5, 0.6) is 0 Å². The van der Waals surface area contributed by atoms with Crippen LogP contribution in [0.25, 0.3) is 0 Å². The van der Waals surface area contributed by atoms with Crippen molar-refractivity contribution in [2.24, 2.45) is 4.99 Å². The number of nitrogens with zero attached hydrogens (tertiary/aromatic N) is 2. The summed E-state index contributed by atoms with van der Waals surface area (Å²) in [5.41, 5.74) is 3.24. The molecule has 0 saturated heterocycles. The van der Waals surface area contributed by atoms with Crippen LogP contribution in [-0.2, 0) is 18.7 Å². The highest BCUT2D eigenvalue weighted by Gasteiger charge is 2.05. The zero-order valence-corrected chi connectivity index (χ0v) is 18.3. The minimum atomic E-state index is -0.196. The smallest absolute Gasteiger partial charge is 0.191 e. The molecular weight excluding hydrogens is 462 g/mol. The van der Waals surface area contributed by atoms with Gasteiger partial charge in [-0.3, -0.25) is 4.98 Å². The van der Waals surface area contributed by atoms with Gasteiger partial charge in [-0.05, 0) is 54.5 Å². The Labute approximate surface area is 176 Å². The summed E-state index contributed by atoms with van der Waals surface area (Å²) in [6, 6.07) is 8.92. The first-order valence-electron chi connectivity index (χ1n) is 8.40. The van der Waals surface area contributed by atoms with Crippen molar-refractivity contribution in [1.82, 2.24) is 15.6 Å². The van der Waals surface area contributed by atoms with Gasteiger partial charge in [-0.25, -0.2) is 9.38 Å². The first kappa shape index (κ1) is 22.7. The van der Waals surface area contributed by atoms with Gasteiger partial charge in [0.1, 0.15) is 5.82 Å². The largest absolute Gasteiger partial charge is 0.357 e. The van der Waals surface area contributed by atoms with Crippen molar-refractivity contribution < 1.29 is 4.39 Å². The number of halogens is 2. The van der Waals surface area contributed by atoms with Crippen molar-refractivity contribution in [3.05, 3.63) is 65.2 Å². The van der Waals surface area contributed by atoms with Gasteiger partial charge in [0.15, 0.2) is 5.96 Å². The molecule has 0 aliphatic heterocycles. The van der Waals surface area contributed by atoms with Crippen LogP contribution in [-0.4, -0.2) is 30.3 Å². The maximum atomic E-state index is 13.4. The van der Waals surface area contributed by atoms with E-state index in [4.69, 9.17) is 0 Å². The van der Waals surface area contributed by atoms with Crippen LogP contribution in [0.3, 0.4) is 0 Å². The Balaban J connectivity index is 0.00000338. The zero-order valence-electron chi connectivity index (χ0n) is 15.2. The Bertz CT molecular complexity index is 682. The number of aliphatic imine (C=N–C) groups is 1. The van der Waals surface area contributed by atoms with E-state index in [1.165, 1.54) is 11.6 Å². The van der Waals surface area contributed by atoms with Gasteiger partial charge in [0, 0.05) is 31.2 Å². The van der Waals surface area contributed by atoms with Gasteiger partial charge in [0.05, 0.1) is 6.54 Å². The van der Waals surface area contributed by atoms with Gasteiger partial charge in [-0.15, -0.1) is 24.0 Å². The predicted octanol–water partition coefficient (Wildman–Crippen LogP) is 4.00. The number of rotatable bonds is 8. The summed E-state index contributed by atoms with van der Waals surface area (Å²) in [6.07, 6.45) is 6.55. The number of hydrogen-bond acceptors (Lipinski definition) is 3. The predicted molar refractivity (Wildman–Crippen MR) is 120 cm³/mol. The minimum absolute atomic E-state index is 0. The molecule has 4 nitrogen and oxygen atoms in total. The molecule has 0 spiro atoms. The summed E-state index contributed by atoms with van der Waals surface area (Å²) in [7, 11) is 0. The lowest BCUT2D eigenvalue weighted by atomic mass is 10.1. The zero-order chi connectivity index (χ0) is 17.9. The Hall–Kier alpha value is -1.35. The van der Waals surface area contributed by atoms with E-state index >= 15 is 0 Å². The molecule has 1 aromatic heterocycles. The Morgan fingerprint density at radius 3 is 2.77 bits per heavy atom. The molecule has 2 N–H and O–H groups in total. The highest BCUT2D eigenvalue weighted by atomic mass is 127. The van der Waals surface area contributed by atoms with Crippen molar-refractivity contribution in [2.75, 3.05) is 19.3 Å². The molecule has 2 aromatic rings. The Morgan fingerprint density at radius 2 is 2.08 bits per heavy atom. The number of thioether (sulfide) groups is 1. The third kappa shape index (κ3) is 7.90. The van der Waals surface area contributed by atoms with E-state index in [0.717, 1.165) is 42.3 Å².